The Bertz CT molecular complexity index is 1650. The summed E-state index contributed by atoms with van der Waals surface area (Å²) < 4.78 is 61.7. The lowest BCUT2D eigenvalue weighted by molar-refractivity contribution is -0.137. The fourth-order valence-electron chi connectivity index (χ4n) is 4.11. The third-order valence-electron chi connectivity index (χ3n) is 5.82. The molecule has 0 spiro atoms. The number of aromatic nitrogens is 6. The van der Waals surface area contributed by atoms with Crippen LogP contribution in [0.5, 0.6) is 5.75 Å². The van der Waals surface area contributed by atoms with Crippen molar-refractivity contribution >= 4 is 27.4 Å². The van der Waals surface area contributed by atoms with Crippen LogP contribution in [0, 0.1) is 5.82 Å². The van der Waals surface area contributed by atoms with Crippen LogP contribution in [0.1, 0.15) is 35.5 Å². The second-order valence-corrected chi connectivity index (χ2v) is 9.52. The van der Waals surface area contributed by atoms with Crippen LogP contribution in [0.15, 0.2) is 59.5 Å². The number of aryl methyl sites for hydroxylation is 1. The van der Waals surface area contributed by atoms with Crippen molar-refractivity contribution in [1.29, 1.82) is 0 Å². The summed E-state index contributed by atoms with van der Waals surface area (Å²) in [6.45, 7) is 1.75. The smallest absolute Gasteiger partial charge is 0.417 e. The van der Waals surface area contributed by atoms with Crippen molar-refractivity contribution in [3.63, 3.8) is 0 Å². The minimum absolute atomic E-state index is 0.179. The molecule has 0 aliphatic rings. The van der Waals surface area contributed by atoms with E-state index in [1.807, 2.05) is 0 Å². The predicted octanol–water partition coefficient (Wildman–Crippen LogP) is 5.76. The monoisotopic (exact) mass is 589 g/mol. The molecule has 5 rings (SSSR count). The van der Waals surface area contributed by atoms with Crippen molar-refractivity contribution in [2.45, 2.75) is 25.6 Å². The first-order valence-electron chi connectivity index (χ1n) is 11.3. The average molecular weight is 590 g/mol. The number of fused-ring (bicyclic) bond motifs is 1. The molecule has 0 bridgehead atoms. The lowest BCUT2D eigenvalue weighted by atomic mass is 9.98. The van der Waals surface area contributed by atoms with Gasteiger partial charge in [0.05, 0.1) is 17.0 Å². The quantitative estimate of drug-likeness (QED) is 0.253. The van der Waals surface area contributed by atoms with Crippen molar-refractivity contribution in [1.82, 2.24) is 29.4 Å². The molecule has 1 aromatic carbocycles. The Kier molecular flexibility index (Phi) is 6.55. The summed E-state index contributed by atoms with van der Waals surface area (Å²) in [5.74, 6) is 0.0360. The molecular weight excluding hydrogens is 570 g/mol. The Balaban J connectivity index is 1.50. The first-order valence-corrected chi connectivity index (χ1v) is 12.1. The molecule has 4 aromatic heterocycles. The van der Waals surface area contributed by atoms with E-state index in [0.717, 1.165) is 12.3 Å². The minimum atomic E-state index is -4.47. The first-order chi connectivity index (χ1) is 18.0. The van der Waals surface area contributed by atoms with Gasteiger partial charge in [-0.25, -0.2) is 14.4 Å². The molecule has 0 amide bonds. The molecule has 196 valence electrons. The van der Waals surface area contributed by atoms with Crippen LogP contribution in [-0.4, -0.2) is 29.4 Å². The molecular formula is C25H20BrF4N7O. The van der Waals surface area contributed by atoms with Gasteiger partial charge in [0.15, 0.2) is 11.6 Å². The standard InChI is InChI=1S/C25H20BrF4N7O/c1-13(38-21-7-15(26)10-32-24(21)31)19-8-16(27)4-5-18(19)23-20(34-36(2)35-23)9-17-12-37-11-14(25(28,29)30)3-6-22(37)33-17/h3-8,10-13H,9H2,1-2H3,(H2,31,32)/t13-/m1/s1. The second kappa shape index (κ2) is 9.71. The van der Waals surface area contributed by atoms with E-state index in [-0.39, 0.29) is 12.2 Å². The molecule has 2 N–H and O–H groups in total. The average Bonchev–Trinajstić information content (AvgIpc) is 3.42. The van der Waals surface area contributed by atoms with E-state index in [2.05, 4.69) is 36.1 Å². The topological polar surface area (TPSA) is 96.2 Å². The zero-order valence-corrected chi connectivity index (χ0v) is 21.6. The Labute approximate surface area is 222 Å². The highest BCUT2D eigenvalue weighted by atomic mass is 79.9. The summed E-state index contributed by atoms with van der Waals surface area (Å²) in [6, 6.07) is 8.20. The molecule has 0 saturated carbocycles. The van der Waals surface area contributed by atoms with Crippen molar-refractivity contribution < 1.29 is 22.3 Å². The number of ether oxygens (including phenoxy) is 1. The van der Waals surface area contributed by atoms with Gasteiger partial charge in [-0.2, -0.15) is 28.2 Å². The van der Waals surface area contributed by atoms with E-state index in [1.54, 1.807) is 26.1 Å². The first kappa shape index (κ1) is 25.6. The molecule has 0 aliphatic carbocycles. The predicted molar refractivity (Wildman–Crippen MR) is 135 cm³/mol. The molecule has 4 heterocycles. The van der Waals surface area contributed by atoms with E-state index in [0.29, 0.717) is 44.1 Å². The Morgan fingerprint density at radius 2 is 1.89 bits per heavy atom. The summed E-state index contributed by atoms with van der Waals surface area (Å²) in [4.78, 5) is 9.86. The molecule has 5 aromatic rings. The molecule has 8 nitrogen and oxygen atoms in total. The van der Waals surface area contributed by atoms with Gasteiger partial charge < -0.3 is 14.9 Å². The summed E-state index contributed by atoms with van der Waals surface area (Å²) in [6.07, 6.45) is -0.891. The lowest BCUT2D eigenvalue weighted by Crippen LogP contribution is -2.08. The zero-order valence-electron chi connectivity index (χ0n) is 20.0. The van der Waals surface area contributed by atoms with Crippen molar-refractivity contribution in [2.24, 2.45) is 7.05 Å². The van der Waals surface area contributed by atoms with Crippen LogP contribution in [0.2, 0.25) is 0 Å². The number of hydrogen-bond donors (Lipinski definition) is 1. The number of imidazole rings is 1. The maximum Gasteiger partial charge on any atom is 0.417 e. The number of halogens is 5. The third kappa shape index (κ3) is 5.19. The number of pyridine rings is 2. The van der Waals surface area contributed by atoms with Crippen LogP contribution in [0.25, 0.3) is 16.9 Å². The van der Waals surface area contributed by atoms with E-state index in [4.69, 9.17) is 10.5 Å². The highest BCUT2D eigenvalue weighted by molar-refractivity contribution is 9.10. The van der Waals surface area contributed by atoms with Crippen molar-refractivity contribution in [3.8, 4) is 17.0 Å². The molecule has 0 unspecified atom stereocenters. The normalized spacial score (nSPS) is 12.7. The fraction of sp³-hybridized carbons (Fsp3) is 0.200. The van der Waals surface area contributed by atoms with Crippen LogP contribution in [0.4, 0.5) is 23.4 Å². The van der Waals surface area contributed by atoms with E-state index in [9.17, 15) is 17.6 Å². The van der Waals surface area contributed by atoms with E-state index in [1.165, 1.54) is 39.8 Å². The number of nitrogens with two attached hydrogens (primary N) is 1. The SMILES string of the molecule is C[C@@H](Oc1cc(Br)cnc1N)c1cc(F)ccc1-c1nn(C)nc1Cc1cn2cc(C(F)(F)F)ccc2n1. The Morgan fingerprint density at radius 3 is 2.66 bits per heavy atom. The molecule has 38 heavy (non-hydrogen) atoms. The largest absolute Gasteiger partial charge is 0.482 e. The lowest BCUT2D eigenvalue weighted by Gasteiger charge is -2.19. The van der Waals surface area contributed by atoms with Gasteiger partial charge in [-0.15, -0.1) is 0 Å². The maximum atomic E-state index is 14.4. The summed E-state index contributed by atoms with van der Waals surface area (Å²) in [7, 11) is 1.64. The summed E-state index contributed by atoms with van der Waals surface area (Å²) in [5.41, 5.74) is 8.07. The number of anilines is 1. The number of alkyl halides is 3. The Morgan fingerprint density at radius 1 is 1.11 bits per heavy atom. The van der Waals surface area contributed by atoms with E-state index < -0.39 is 23.7 Å². The second-order valence-electron chi connectivity index (χ2n) is 8.60. The highest BCUT2D eigenvalue weighted by Crippen LogP contribution is 2.35. The van der Waals surface area contributed by atoms with Crippen LogP contribution >= 0.6 is 15.9 Å². The molecule has 0 saturated heterocycles. The van der Waals surface area contributed by atoms with Gasteiger partial charge in [0.25, 0.3) is 0 Å². The number of nitrogens with zero attached hydrogens (tertiary/aromatic N) is 6. The number of hydrogen-bond acceptors (Lipinski definition) is 6. The molecule has 0 radical (unpaired) electrons. The van der Waals surface area contributed by atoms with Crippen molar-refractivity contribution in [3.05, 3.63) is 87.8 Å². The van der Waals surface area contributed by atoms with Crippen molar-refractivity contribution in [2.75, 3.05) is 5.73 Å². The van der Waals surface area contributed by atoms with Gasteiger partial charge in [-0.3, -0.25) is 0 Å². The zero-order chi connectivity index (χ0) is 27.2. The summed E-state index contributed by atoms with van der Waals surface area (Å²) in [5, 5.41) is 8.94. The van der Waals surface area contributed by atoms with Gasteiger partial charge in [-0.1, -0.05) is 0 Å². The van der Waals surface area contributed by atoms with Gasteiger partial charge in [0.2, 0.25) is 0 Å². The fourth-order valence-corrected chi connectivity index (χ4v) is 4.42. The minimum Gasteiger partial charge on any atom is -0.482 e. The number of nitrogen functional groups attached to an aromatic ring is 1. The number of benzene rings is 1. The molecule has 13 heteroatoms. The van der Waals surface area contributed by atoms with Gasteiger partial charge in [-0.05, 0) is 59.3 Å². The van der Waals surface area contributed by atoms with Gasteiger partial charge >= 0.3 is 6.18 Å². The highest BCUT2D eigenvalue weighted by Gasteiger charge is 2.31. The number of rotatable bonds is 6. The maximum absolute atomic E-state index is 14.4. The van der Waals surface area contributed by atoms with Crippen LogP contribution in [0.3, 0.4) is 0 Å². The van der Waals surface area contributed by atoms with Crippen LogP contribution in [-0.2, 0) is 19.6 Å². The van der Waals surface area contributed by atoms with E-state index >= 15 is 0 Å². The van der Waals surface area contributed by atoms with Gasteiger partial charge in [0, 0.05) is 47.7 Å². The Hall–Kier alpha value is -4.00. The molecule has 0 fully saturated rings. The van der Waals surface area contributed by atoms with Gasteiger partial charge in [0.1, 0.15) is 23.3 Å². The molecule has 1 atom stereocenters. The third-order valence-corrected chi connectivity index (χ3v) is 6.25. The molecule has 0 aliphatic heterocycles. The summed E-state index contributed by atoms with van der Waals surface area (Å²) >= 11 is 3.33. The van der Waals surface area contributed by atoms with Crippen LogP contribution < -0.4 is 10.5 Å².